The summed E-state index contributed by atoms with van der Waals surface area (Å²) in [7, 11) is 0. The first-order chi connectivity index (χ1) is 13.5. The van der Waals surface area contributed by atoms with Gasteiger partial charge in [-0.2, -0.15) is 0 Å². The molecule has 2 aliphatic rings. The third kappa shape index (κ3) is 3.27. The van der Waals surface area contributed by atoms with E-state index in [4.69, 9.17) is 9.51 Å². The summed E-state index contributed by atoms with van der Waals surface area (Å²) >= 11 is 0. The second kappa shape index (κ2) is 6.57. The van der Waals surface area contributed by atoms with Gasteiger partial charge in [0.1, 0.15) is 17.0 Å². The van der Waals surface area contributed by atoms with E-state index in [9.17, 15) is 0 Å². The van der Waals surface area contributed by atoms with Crippen LogP contribution in [0.2, 0.25) is 0 Å². The van der Waals surface area contributed by atoms with Crippen LogP contribution in [0.25, 0.3) is 22.4 Å². The van der Waals surface area contributed by atoms with Crippen LogP contribution < -0.4 is 5.32 Å². The third-order valence-electron chi connectivity index (χ3n) is 6.14. The Hall–Kier alpha value is -2.43. The quantitative estimate of drug-likeness (QED) is 0.614. The predicted octanol–water partition coefficient (Wildman–Crippen LogP) is 5.51. The summed E-state index contributed by atoms with van der Waals surface area (Å²) in [5.41, 5.74) is 7.08. The molecule has 1 aromatic carbocycles. The molecule has 0 aliphatic heterocycles. The minimum absolute atomic E-state index is 0.487. The Kier molecular flexibility index (Phi) is 4.14. The number of anilines is 1. The zero-order chi connectivity index (χ0) is 19.4. The molecule has 2 aromatic heterocycles. The smallest absolute Gasteiger partial charge is 0.228 e. The highest BCUT2D eigenvalue weighted by atomic mass is 16.5. The van der Waals surface area contributed by atoms with Crippen LogP contribution in [0.15, 0.2) is 16.7 Å². The normalized spacial score (nSPS) is 17.9. The number of aryl methyl sites for hydroxylation is 4. The molecule has 2 saturated carbocycles. The van der Waals surface area contributed by atoms with Gasteiger partial charge in [0.05, 0.1) is 0 Å². The average Bonchev–Trinajstić information content (AvgIpc) is 3.53. The van der Waals surface area contributed by atoms with Gasteiger partial charge in [-0.05, 0) is 69.9 Å². The van der Waals surface area contributed by atoms with Crippen molar-refractivity contribution in [1.82, 2.24) is 15.1 Å². The van der Waals surface area contributed by atoms with E-state index in [1.54, 1.807) is 0 Å². The molecular formula is C23H28N4O. The van der Waals surface area contributed by atoms with Gasteiger partial charge in [-0.25, -0.2) is 9.97 Å². The van der Waals surface area contributed by atoms with Crippen LogP contribution in [-0.4, -0.2) is 21.2 Å². The first-order valence-electron chi connectivity index (χ1n) is 10.5. The number of hydrogen-bond donors (Lipinski definition) is 1. The zero-order valence-electron chi connectivity index (χ0n) is 17.2. The van der Waals surface area contributed by atoms with Gasteiger partial charge in [0.15, 0.2) is 5.82 Å². The Morgan fingerprint density at radius 1 is 1.04 bits per heavy atom. The molecule has 0 saturated heterocycles. The Labute approximate surface area is 165 Å². The average molecular weight is 377 g/mol. The van der Waals surface area contributed by atoms with Crippen molar-refractivity contribution in [2.45, 2.75) is 65.8 Å². The lowest BCUT2D eigenvalue weighted by atomic mass is 9.97. The largest absolute Gasteiger partial charge is 0.364 e. The molecule has 1 N–H and O–H groups in total. The molecule has 2 aliphatic carbocycles. The summed E-state index contributed by atoms with van der Waals surface area (Å²) in [6.45, 7) is 8.32. The number of nitrogens with one attached hydrogen (secondary N) is 1. The van der Waals surface area contributed by atoms with Gasteiger partial charge in [0.2, 0.25) is 5.58 Å². The van der Waals surface area contributed by atoms with Crippen molar-refractivity contribution in [2.24, 2.45) is 11.8 Å². The van der Waals surface area contributed by atoms with E-state index >= 15 is 0 Å². The Morgan fingerprint density at radius 2 is 1.75 bits per heavy atom. The molecular weight excluding hydrogens is 348 g/mol. The van der Waals surface area contributed by atoms with Crippen LogP contribution >= 0.6 is 0 Å². The first kappa shape index (κ1) is 17.7. The van der Waals surface area contributed by atoms with Crippen LogP contribution in [0.4, 0.5) is 5.82 Å². The molecule has 146 valence electrons. The summed E-state index contributed by atoms with van der Waals surface area (Å²) in [6.07, 6.45) is 6.64. The lowest BCUT2D eigenvalue weighted by Gasteiger charge is -2.18. The van der Waals surface area contributed by atoms with Crippen molar-refractivity contribution >= 4 is 16.9 Å². The maximum Gasteiger partial charge on any atom is 0.228 e. The standard InChI is InChI=1S/C23H28N4O/c1-12-9-13(2)19(14(3)10-12)20-21-22(28-27-20)23(25-15(4)24-21)26-18(17-7-8-17)11-16-5-6-16/h9-10,16-18H,5-8,11H2,1-4H3,(H,24,25,26). The van der Waals surface area contributed by atoms with Crippen LogP contribution in [0.1, 0.15) is 54.6 Å². The minimum atomic E-state index is 0.487. The Balaban J connectivity index is 1.57. The zero-order valence-corrected chi connectivity index (χ0v) is 17.2. The van der Waals surface area contributed by atoms with Gasteiger partial charge in [0.25, 0.3) is 0 Å². The number of rotatable bonds is 6. The topological polar surface area (TPSA) is 63.8 Å². The predicted molar refractivity (Wildman–Crippen MR) is 111 cm³/mol. The van der Waals surface area contributed by atoms with Crippen molar-refractivity contribution in [3.05, 3.63) is 34.6 Å². The molecule has 5 heteroatoms. The van der Waals surface area contributed by atoms with Crippen LogP contribution in [0, 0.1) is 39.5 Å². The fourth-order valence-electron chi connectivity index (χ4n) is 4.52. The maximum absolute atomic E-state index is 5.81. The number of fused-ring (bicyclic) bond motifs is 1. The van der Waals surface area contributed by atoms with E-state index in [0.29, 0.717) is 11.6 Å². The molecule has 2 fully saturated rings. The number of nitrogens with zero attached hydrogens (tertiary/aromatic N) is 3. The molecule has 5 rings (SSSR count). The van der Waals surface area contributed by atoms with E-state index in [1.165, 1.54) is 48.8 Å². The van der Waals surface area contributed by atoms with E-state index < -0.39 is 0 Å². The van der Waals surface area contributed by atoms with Crippen molar-refractivity contribution < 1.29 is 4.52 Å². The first-order valence-corrected chi connectivity index (χ1v) is 10.5. The van der Waals surface area contributed by atoms with Crippen molar-refractivity contribution in [3.8, 4) is 11.3 Å². The van der Waals surface area contributed by atoms with E-state index in [2.05, 4.69) is 48.4 Å². The molecule has 1 atom stereocenters. The Morgan fingerprint density at radius 3 is 2.39 bits per heavy atom. The SMILES string of the molecule is Cc1cc(C)c(-c2noc3c(NC(CC4CC4)C4CC4)nc(C)nc23)c(C)c1. The highest BCUT2D eigenvalue weighted by Gasteiger charge is 2.36. The van der Waals surface area contributed by atoms with Crippen LogP contribution in [-0.2, 0) is 0 Å². The monoisotopic (exact) mass is 376 g/mol. The summed E-state index contributed by atoms with van der Waals surface area (Å²) < 4.78 is 5.81. The lowest BCUT2D eigenvalue weighted by Crippen LogP contribution is -2.23. The number of hydrogen-bond acceptors (Lipinski definition) is 5. The molecule has 28 heavy (non-hydrogen) atoms. The van der Waals surface area contributed by atoms with E-state index in [1.807, 2.05) is 6.92 Å². The van der Waals surface area contributed by atoms with Crippen LogP contribution in [0.5, 0.6) is 0 Å². The molecule has 2 heterocycles. The Bertz CT molecular complexity index is 1020. The molecule has 1 unspecified atom stereocenters. The maximum atomic E-state index is 5.81. The molecule has 0 bridgehead atoms. The third-order valence-corrected chi connectivity index (χ3v) is 6.14. The van der Waals surface area contributed by atoms with Gasteiger partial charge in [-0.15, -0.1) is 0 Å². The van der Waals surface area contributed by atoms with E-state index in [-0.39, 0.29) is 0 Å². The summed E-state index contributed by atoms with van der Waals surface area (Å²) in [4.78, 5) is 9.40. The second-order valence-electron chi connectivity index (χ2n) is 8.87. The number of benzene rings is 1. The van der Waals surface area contributed by atoms with Crippen molar-refractivity contribution in [2.75, 3.05) is 5.32 Å². The van der Waals surface area contributed by atoms with Crippen molar-refractivity contribution in [3.63, 3.8) is 0 Å². The summed E-state index contributed by atoms with van der Waals surface area (Å²) in [5, 5.41) is 8.16. The second-order valence-corrected chi connectivity index (χ2v) is 8.87. The fraction of sp³-hybridized carbons (Fsp3) is 0.522. The van der Waals surface area contributed by atoms with Gasteiger partial charge in [-0.3, -0.25) is 0 Å². The summed E-state index contributed by atoms with van der Waals surface area (Å²) in [5.74, 6) is 3.22. The molecule has 0 spiro atoms. The lowest BCUT2D eigenvalue weighted by molar-refractivity contribution is 0.457. The molecule has 0 radical (unpaired) electrons. The highest BCUT2D eigenvalue weighted by Crippen LogP contribution is 2.43. The minimum Gasteiger partial charge on any atom is -0.364 e. The van der Waals surface area contributed by atoms with Gasteiger partial charge < -0.3 is 9.84 Å². The molecule has 5 nitrogen and oxygen atoms in total. The van der Waals surface area contributed by atoms with E-state index in [0.717, 1.165) is 40.3 Å². The number of aromatic nitrogens is 3. The molecule has 3 aromatic rings. The van der Waals surface area contributed by atoms with Gasteiger partial charge >= 0.3 is 0 Å². The van der Waals surface area contributed by atoms with Crippen molar-refractivity contribution in [1.29, 1.82) is 0 Å². The summed E-state index contributed by atoms with van der Waals surface area (Å²) in [6, 6.07) is 4.87. The fourth-order valence-corrected chi connectivity index (χ4v) is 4.52. The van der Waals surface area contributed by atoms with Gasteiger partial charge in [0, 0.05) is 11.6 Å². The van der Waals surface area contributed by atoms with Crippen LogP contribution in [0.3, 0.4) is 0 Å². The van der Waals surface area contributed by atoms with Gasteiger partial charge in [-0.1, -0.05) is 35.7 Å². The molecule has 0 amide bonds. The highest BCUT2D eigenvalue weighted by molar-refractivity contribution is 5.95.